The number of nitrogens with zero attached hydrogens (tertiary/aromatic N) is 2. The van der Waals surface area contributed by atoms with Crippen LogP contribution in [0.5, 0.6) is 0 Å². The number of fused-ring (bicyclic) bond motifs is 1. The first kappa shape index (κ1) is 16.4. The van der Waals surface area contributed by atoms with Crippen LogP contribution in [0.3, 0.4) is 0 Å². The fourth-order valence-electron chi connectivity index (χ4n) is 2.47. The van der Waals surface area contributed by atoms with Crippen molar-refractivity contribution in [2.45, 2.75) is 0 Å². The monoisotopic (exact) mass is 351 g/mol. The van der Waals surface area contributed by atoms with Crippen molar-refractivity contribution in [2.24, 2.45) is 0 Å². The minimum Gasteiger partial charge on any atom is -0.360 e. The van der Waals surface area contributed by atoms with Crippen LogP contribution in [0.4, 0.5) is 5.69 Å². The van der Waals surface area contributed by atoms with Crippen molar-refractivity contribution in [3.8, 4) is 6.07 Å². The highest BCUT2D eigenvalue weighted by Crippen LogP contribution is 2.25. The van der Waals surface area contributed by atoms with E-state index in [1.54, 1.807) is 24.3 Å². The number of hydrogen-bond donors (Lipinski definition) is 1. The molecule has 0 amide bonds. The number of carbonyl (C=O) groups is 1. The number of carbonyl (C=O) groups excluding carboxylic acids is 1. The number of rotatable bonds is 4. The molecular weight excluding hydrogens is 342 g/mol. The van der Waals surface area contributed by atoms with Crippen molar-refractivity contribution in [2.75, 3.05) is 0 Å². The average Bonchev–Trinajstić information content (AvgIpc) is 3.02. The van der Waals surface area contributed by atoms with E-state index in [4.69, 9.17) is 11.6 Å². The van der Waals surface area contributed by atoms with Gasteiger partial charge in [-0.3, -0.25) is 14.9 Å². The largest absolute Gasteiger partial charge is 0.360 e. The minimum atomic E-state index is -0.533. The Hall–Kier alpha value is -3.43. The Bertz CT molecular complexity index is 1080. The number of nitriles is 1. The van der Waals surface area contributed by atoms with E-state index in [-0.39, 0.29) is 11.3 Å². The molecule has 0 bridgehead atoms. The summed E-state index contributed by atoms with van der Waals surface area (Å²) in [7, 11) is 0. The van der Waals surface area contributed by atoms with E-state index in [0.717, 1.165) is 0 Å². The molecule has 0 spiro atoms. The highest BCUT2D eigenvalue weighted by molar-refractivity contribution is 6.31. The Labute approximate surface area is 147 Å². The fraction of sp³-hybridized carbons (Fsp3) is 0. The second-order valence-corrected chi connectivity index (χ2v) is 5.68. The van der Waals surface area contributed by atoms with Crippen molar-refractivity contribution < 1.29 is 9.72 Å². The summed E-state index contributed by atoms with van der Waals surface area (Å²) in [6.45, 7) is 0. The van der Waals surface area contributed by atoms with Gasteiger partial charge in [0.05, 0.1) is 4.92 Å². The smallest absolute Gasteiger partial charge is 0.270 e. The van der Waals surface area contributed by atoms with Crippen LogP contribution in [0.15, 0.2) is 54.2 Å². The maximum atomic E-state index is 12.7. The SMILES string of the molecule is N#CC(=Cc1cccc([N+](=O)[O-])c1)C(=O)c1c[nH]c2cc(Cl)ccc12. The van der Waals surface area contributed by atoms with E-state index in [9.17, 15) is 20.2 Å². The zero-order chi connectivity index (χ0) is 18.0. The van der Waals surface area contributed by atoms with Gasteiger partial charge in [-0.15, -0.1) is 0 Å². The van der Waals surface area contributed by atoms with Gasteiger partial charge >= 0.3 is 0 Å². The molecule has 0 saturated heterocycles. The number of allylic oxidation sites excluding steroid dienone is 1. The van der Waals surface area contributed by atoms with Gasteiger partial charge in [0.1, 0.15) is 11.6 Å². The predicted octanol–water partition coefficient (Wildman–Crippen LogP) is 4.52. The van der Waals surface area contributed by atoms with Gasteiger partial charge < -0.3 is 4.98 Å². The summed E-state index contributed by atoms with van der Waals surface area (Å²) >= 11 is 5.92. The molecule has 1 heterocycles. The summed E-state index contributed by atoms with van der Waals surface area (Å²) in [5.74, 6) is -0.470. The molecule has 3 aromatic rings. The molecule has 1 aromatic heterocycles. The first-order valence-corrected chi connectivity index (χ1v) is 7.55. The lowest BCUT2D eigenvalue weighted by Crippen LogP contribution is -2.01. The minimum absolute atomic E-state index is 0.111. The number of aromatic amines is 1. The standard InChI is InChI=1S/C18H10ClN3O3/c19-13-4-5-15-16(10-21-17(15)8-13)18(23)12(9-20)6-11-2-1-3-14(7-11)22(24)25/h1-8,10,21H. The van der Waals surface area contributed by atoms with E-state index in [2.05, 4.69) is 4.98 Å². The number of Topliss-reactive ketones (excluding diaryl/α,β-unsaturated/α-hetero) is 1. The maximum absolute atomic E-state index is 12.7. The molecule has 25 heavy (non-hydrogen) atoms. The van der Waals surface area contributed by atoms with Gasteiger partial charge in [0.2, 0.25) is 5.78 Å². The van der Waals surface area contributed by atoms with Gasteiger partial charge in [0, 0.05) is 39.8 Å². The van der Waals surface area contributed by atoms with Gasteiger partial charge in [-0.05, 0) is 23.8 Å². The van der Waals surface area contributed by atoms with Crippen LogP contribution in [0.2, 0.25) is 5.02 Å². The maximum Gasteiger partial charge on any atom is 0.270 e. The van der Waals surface area contributed by atoms with Crippen LogP contribution in [-0.4, -0.2) is 15.7 Å². The van der Waals surface area contributed by atoms with Crippen molar-refractivity contribution in [3.63, 3.8) is 0 Å². The number of ketones is 1. The third kappa shape index (κ3) is 3.27. The molecular formula is C18H10ClN3O3. The van der Waals surface area contributed by atoms with Gasteiger partial charge in [0.15, 0.2) is 0 Å². The number of aromatic nitrogens is 1. The van der Waals surface area contributed by atoms with E-state index >= 15 is 0 Å². The summed E-state index contributed by atoms with van der Waals surface area (Å²) in [6.07, 6.45) is 2.85. The molecule has 0 aliphatic heterocycles. The molecule has 0 aliphatic carbocycles. The molecule has 2 aromatic carbocycles. The molecule has 0 fully saturated rings. The van der Waals surface area contributed by atoms with Crippen LogP contribution in [0.25, 0.3) is 17.0 Å². The normalized spacial score (nSPS) is 11.3. The Kier molecular flexibility index (Phi) is 4.33. The van der Waals surface area contributed by atoms with E-state index in [1.807, 2.05) is 6.07 Å². The number of nitro groups is 1. The molecule has 3 rings (SSSR count). The lowest BCUT2D eigenvalue weighted by Gasteiger charge is -1.99. The molecule has 6 nitrogen and oxygen atoms in total. The Morgan fingerprint density at radius 3 is 2.80 bits per heavy atom. The Balaban J connectivity index is 2.03. The number of benzene rings is 2. The zero-order valence-electron chi connectivity index (χ0n) is 12.7. The highest BCUT2D eigenvalue weighted by atomic mass is 35.5. The van der Waals surface area contributed by atoms with Gasteiger partial charge in [-0.1, -0.05) is 29.8 Å². The van der Waals surface area contributed by atoms with Crippen molar-refractivity contribution in [3.05, 3.63) is 80.5 Å². The average molecular weight is 352 g/mol. The second-order valence-electron chi connectivity index (χ2n) is 5.24. The van der Waals surface area contributed by atoms with Crippen LogP contribution in [0.1, 0.15) is 15.9 Å². The Morgan fingerprint density at radius 1 is 1.28 bits per heavy atom. The first-order chi connectivity index (χ1) is 12.0. The van der Waals surface area contributed by atoms with E-state index < -0.39 is 10.7 Å². The number of nitrogens with one attached hydrogen (secondary N) is 1. The lowest BCUT2D eigenvalue weighted by atomic mass is 10.0. The Morgan fingerprint density at radius 2 is 2.08 bits per heavy atom. The van der Waals surface area contributed by atoms with Crippen LogP contribution < -0.4 is 0 Å². The summed E-state index contributed by atoms with van der Waals surface area (Å²) in [6, 6.07) is 12.6. The van der Waals surface area contributed by atoms with Gasteiger partial charge in [-0.25, -0.2) is 0 Å². The molecule has 1 N–H and O–H groups in total. The first-order valence-electron chi connectivity index (χ1n) is 7.17. The number of nitro benzene ring substituents is 1. The van der Waals surface area contributed by atoms with Crippen LogP contribution in [0, 0.1) is 21.4 Å². The molecule has 0 unspecified atom stereocenters. The van der Waals surface area contributed by atoms with E-state index in [0.29, 0.717) is 27.1 Å². The third-order valence-electron chi connectivity index (χ3n) is 3.65. The quantitative estimate of drug-likeness (QED) is 0.245. The number of non-ortho nitro benzene ring substituents is 1. The lowest BCUT2D eigenvalue weighted by molar-refractivity contribution is -0.384. The third-order valence-corrected chi connectivity index (χ3v) is 3.88. The summed E-state index contributed by atoms with van der Waals surface area (Å²) in [5.41, 5.74) is 1.20. The summed E-state index contributed by atoms with van der Waals surface area (Å²) in [4.78, 5) is 25.9. The molecule has 7 heteroatoms. The van der Waals surface area contributed by atoms with Gasteiger partial charge in [0.25, 0.3) is 5.69 Å². The highest BCUT2D eigenvalue weighted by Gasteiger charge is 2.17. The molecule has 0 aliphatic rings. The number of halogens is 1. The zero-order valence-corrected chi connectivity index (χ0v) is 13.4. The second kappa shape index (κ2) is 6.59. The molecule has 0 radical (unpaired) electrons. The fourth-order valence-corrected chi connectivity index (χ4v) is 2.65. The molecule has 122 valence electrons. The number of hydrogen-bond acceptors (Lipinski definition) is 4. The van der Waals surface area contributed by atoms with Crippen molar-refractivity contribution in [1.29, 1.82) is 5.26 Å². The molecule has 0 saturated carbocycles. The summed E-state index contributed by atoms with van der Waals surface area (Å²) in [5, 5.41) is 21.4. The molecule has 0 atom stereocenters. The number of H-pyrrole nitrogens is 1. The van der Waals surface area contributed by atoms with Crippen LogP contribution >= 0.6 is 11.6 Å². The van der Waals surface area contributed by atoms with Crippen molar-refractivity contribution in [1.82, 2.24) is 4.98 Å². The summed E-state index contributed by atoms with van der Waals surface area (Å²) < 4.78 is 0. The van der Waals surface area contributed by atoms with E-state index in [1.165, 1.54) is 30.5 Å². The van der Waals surface area contributed by atoms with Crippen molar-refractivity contribution >= 4 is 40.1 Å². The van der Waals surface area contributed by atoms with Crippen LogP contribution in [-0.2, 0) is 0 Å². The van der Waals surface area contributed by atoms with Gasteiger partial charge in [-0.2, -0.15) is 5.26 Å². The predicted molar refractivity (Wildman–Crippen MR) is 94.3 cm³/mol. The topological polar surface area (TPSA) is 99.8 Å².